The van der Waals surface area contributed by atoms with E-state index in [0.717, 1.165) is 31.3 Å². The van der Waals surface area contributed by atoms with Gasteiger partial charge in [-0.3, -0.25) is 0 Å². The second-order valence-electron chi connectivity index (χ2n) is 4.64. The molecular weight excluding hydrogens is 148 g/mol. The van der Waals surface area contributed by atoms with Crippen LogP contribution in [0.1, 0.15) is 46.5 Å². The van der Waals surface area contributed by atoms with Crippen LogP contribution in [0.5, 0.6) is 0 Å². The van der Waals surface area contributed by atoms with Crippen molar-refractivity contribution in [2.45, 2.75) is 52.1 Å². The highest BCUT2D eigenvalue weighted by atomic mass is 16.3. The first-order chi connectivity index (χ1) is 5.40. The zero-order chi connectivity index (χ0) is 9.41. The molecule has 0 aromatic carbocycles. The lowest BCUT2D eigenvalue weighted by atomic mass is 9.69. The highest BCUT2D eigenvalue weighted by molar-refractivity contribution is 5.13. The van der Waals surface area contributed by atoms with E-state index in [1.807, 2.05) is 6.92 Å². The Morgan fingerprint density at radius 2 is 1.75 bits per heavy atom. The minimum atomic E-state index is -0.487. The second-order valence-corrected chi connectivity index (χ2v) is 4.64. The number of hydrogen-bond acceptors (Lipinski definition) is 1. The molecule has 0 aliphatic heterocycles. The summed E-state index contributed by atoms with van der Waals surface area (Å²) in [6, 6.07) is 0. The number of hydrogen-bond donors (Lipinski definition) is 1. The maximum absolute atomic E-state index is 10.3. The molecule has 1 aliphatic rings. The van der Waals surface area contributed by atoms with Crippen LogP contribution in [0.15, 0.2) is 12.2 Å². The van der Waals surface area contributed by atoms with Crippen LogP contribution in [0.4, 0.5) is 0 Å². The largest absolute Gasteiger partial charge is 0.389 e. The average molecular weight is 168 g/mol. The van der Waals surface area contributed by atoms with Crippen molar-refractivity contribution in [3.8, 4) is 0 Å². The van der Waals surface area contributed by atoms with Crippen LogP contribution in [-0.4, -0.2) is 10.7 Å². The molecule has 70 valence electrons. The Bertz CT molecular complexity index is 185. The van der Waals surface area contributed by atoms with Gasteiger partial charge in [0.15, 0.2) is 0 Å². The molecule has 1 rings (SSSR count). The molecule has 0 aromatic rings. The zero-order valence-corrected chi connectivity index (χ0v) is 8.48. The Balaban J connectivity index is 2.85. The van der Waals surface area contributed by atoms with Crippen molar-refractivity contribution in [3.63, 3.8) is 0 Å². The minimum Gasteiger partial charge on any atom is -0.389 e. The van der Waals surface area contributed by atoms with Gasteiger partial charge in [-0.25, -0.2) is 0 Å². The maximum atomic E-state index is 10.3. The molecule has 0 unspecified atom stereocenters. The summed E-state index contributed by atoms with van der Waals surface area (Å²) in [5.74, 6) is 0. The molecule has 1 saturated carbocycles. The fraction of sp³-hybridized carbons (Fsp3) is 0.818. The normalized spacial score (nSPS) is 22.7. The molecule has 1 aliphatic carbocycles. The summed E-state index contributed by atoms with van der Waals surface area (Å²) in [4.78, 5) is 0. The summed E-state index contributed by atoms with van der Waals surface area (Å²) < 4.78 is 0. The van der Waals surface area contributed by atoms with E-state index < -0.39 is 5.60 Å². The van der Waals surface area contributed by atoms with E-state index in [2.05, 4.69) is 20.4 Å². The van der Waals surface area contributed by atoms with Crippen molar-refractivity contribution < 1.29 is 5.11 Å². The molecule has 0 spiro atoms. The lowest BCUT2D eigenvalue weighted by molar-refractivity contribution is -0.0414. The van der Waals surface area contributed by atoms with Crippen molar-refractivity contribution in [1.82, 2.24) is 0 Å². The van der Waals surface area contributed by atoms with Crippen molar-refractivity contribution in [2.24, 2.45) is 5.41 Å². The van der Waals surface area contributed by atoms with Crippen LogP contribution in [0, 0.1) is 5.41 Å². The highest BCUT2D eigenvalue weighted by Gasteiger charge is 2.45. The van der Waals surface area contributed by atoms with Crippen molar-refractivity contribution in [3.05, 3.63) is 12.2 Å². The molecule has 0 bridgehead atoms. The van der Waals surface area contributed by atoms with Crippen LogP contribution in [0.2, 0.25) is 0 Å². The van der Waals surface area contributed by atoms with Gasteiger partial charge in [0.2, 0.25) is 0 Å². The fourth-order valence-corrected chi connectivity index (χ4v) is 1.98. The van der Waals surface area contributed by atoms with E-state index in [1.165, 1.54) is 0 Å². The topological polar surface area (TPSA) is 20.2 Å². The summed E-state index contributed by atoms with van der Waals surface area (Å²) in [6.45, 7) is 10.2. The van der Waals surface area contributed by atoms with Crippen molar-refractivity contribution >= 4 is 0 Å². The molecule has 1 fully saturated rings. The third kappa shape index (κ3) is 1.31. The third-order valence-corrected chi connectivity index (χ3v) is 3.66. The molecule has 0 aromatic heterocycles. The molecular formula is C11H20O. The molecule has 0 heterocycles. The summed E-state index contributed by atoms with van der Waals surface area (Å²) in [5, 5.41) is 10.3. The smallest absolute Gasteiger partial charge is 0.0735 e. The lowest BCUT2D eigenvalue weighted by Crippen LogP contribution is -2.42. The lowest BCUT2D eigenvalue weighted by Gasteiger charge is -2.40. The first-order valence-electron chi connectivity index (χ1n) is 4.78. The van der Waals surface area contributed by atoms with Crippen molar-refractivity contribution in [2.75, 3.05) is 0 Å². The molecule has 1 heteroatoms. The van der Waals surface area contributed by atoms with Crippen LogP contribution in [0.3, 0.4) is 0 Å². The SMILES string of the molecule is C=C(C)C(C)(C)C1(O)CCCC1. The summed E-state index contributed by atoms with van der Waals surface area (Å²) >= 11 is 0. The fourth-order valence-electron chi connectivity index (χ4n) is 1.98. The van der Waals surface area contributed by atoms with E-state index in [0.29, 0.717) is 0 Å². The summed E-state index contributed by atoms with van der Waals surface area (Å²) in [6.07, 6.45) is 4.19. The number of aliphatic hydroxyl groups is 1. The molecule has 0 radical (unpaired) electrons. The predicted octanol–water partition coefficient (Wildman–Crippen LogP) is 2.89. The van der Waals surface area contributed by atoms with Gasteiger partial charge in [0.1, 0.15) is 0 Å². The maximum Gasteiger partial charge on any atom is 0.0735 e. The van der Waals surface area contributed by atoms with Crippen LogP contribution < -0.4 is 0 Å². The van der Waals surface area contributed by atoms with Gasteiger partial charge in [0, 0.05) is 5.41 Å². The second kappa shape index (κ2) is 2.88. The van der Waals surface area contributed by atoms with Gasteiger partial charge in [0.05, 0.1) is 5.60 Å². The first-order valence-corrected chi connectivity index (χ1v) is 4.78. The Morgan fingerprint density at radius 3 is 2.08 bits per heavy atom. The summed E-state index contributed by atoms with van der Waals surface area (Å²) in [7, 11) is 0. The molecule has 1 N–H and O–H groups in total. The van der Waals surface area contributed by atoms with E-state index in [4.69, 9.17) is 0 Å². The molecule has 0 amide bonds. The van der Waals surface area contributed by atoms with Crippen LogP contribution in [-0.2, 0) is 0 Å². The highest BCUT2D eigenvalue weighted by Crippen LogP contribution is 2.46. The van der Waals surface area contributed by atoms with Gasteiger partial charge in [0.25, 0.3) is 0 Å². The minimum absolute atomic E-state index is 0.122. The van der Waals surface area contributed by atoms with Crippen molar-refractivity contribution in [1.29, 1.82) is 0 Å². The van der Waals surface area contributed by atoms with Gasteiger partial charge < -0.3 is 5.11 Å². The van der Waals surface area contributed by atoms with E-state index in [1.54, 1.807) is 0 Å². The molecule has 0 saturated heterocycles. The van der Waals surface area contributed by atoms with E-state index >= 15 is 0 Å². The Hall–Kier alpha value is -0.300. The monoisotopic (exact) mass is 168 g/mol. The van der Waals surface area contributed by atoms with Crippen LogP contribution in [0.25, 0.3) is 0 Å². The average Bonchev–Trinajstić information content (AvgIpc) is 2.37. The Kier molecular flexibility index (Phi) is 2.35. The quantitative estimate of drug-likeness (QED) is 0.629. The Labute approximate surface area is 75.5 Å². The Morgan fingerprint density at radius 1 is 1.33 bits per heavy atom. The van der Waals surface area contributed by atoms with Gasteiger partial charge in [-0.1, -0.05) is 38.8 Å². The van der Waals surface area contributed by atoms with E-state index in [9.17, 15) is 5.11 Å². The zero-order valence-electron chi connectivity index (χ0n) is 8.48. The first kappa shape index (κ1) is 9.79. The van der Waals surface area contributed by atoms with Gasteiger partial charge in [-0.05, 0) is 19.8 Å². The summed E-state index contributed by atoms with van der Waals surface area (Å²) in [5.41, 5.74) is 0.481. The van der Waals surface area contributed by atoms with Gasteiger partial charge in [-0.2, -0.15) is 0 Å². The molecule has 0 atom stereocenters. The van der Waals surface area contributed by atoms with E-state index in [-0.39, 0.29) is 5.41 Å². The molecule has 12 heavy (non-hydrogen) atoms. The number of rotatable bonds is 2. The van der Waals surface area contributed by atoms with Crippen LogP contribution >= 0.6 is 0 Å². The molecule has 1 nitrogen and oxygen atoms in total. The van der Waals surface area contributed by atoms with Gasteiger partial charge >= 0.3 is 0 Å². The van der Waals surface area contributed by atoms with Gasteiger partial charge in [-0.15, -0.1) is 0 Å². The predicted molar refractivity (Wildman–Crippen MR) is 52.0 cm³/mol. The third-order valence-electron chi connectivity index (χ3n) is 3.66. The standard InChI is InChI=1S/C11H20O/c1-9(2)10(3,4)11(12)7-5-6-8-11/h12H,1,5-8H2,2-4H3.